The van der Waals surface area contributed by atoms with Gasteiger partial charge in [0.1, 0.15) is 5.82 Å². The van der Waals surface area contributed by atoms with E-state index in [1.807, 2.05) is 48.2 Å². The van der Waals surface area contributed by atoms with Crippen LogP contribution in [-0.2, 0) is 11.2 Å². The zero-order valence-electron chi connectivity index (χ0n) is 15.5. The van der Waals surface area contributed by atoms with Gasteiger partial charge in [-0.2, -0.15) is 0 Å². The topological polar surface area (TPSA) is 49.0 Å². The van der Waals surface area contributed by atoms with Crippen LogP contribution in [0.3, 0.4) is 0 Å². The summed E-state index contributed by atoms with van der Waals surface area (Å²) < 4.78 is 0. The average molecular weight is 412 g/mol. The van der Waals surface area contributed by atoms with E-state index in [1.54, 1.807) is 0 Å². The summed E-state index contributed by atoms with van der Waals surface area (Å²) >= 11 is 7.94. The largest absolute Gasteiger partial charge is 0.342 e. The predicted molar refractivity (Wildman–Crippen MR) is 116 cm³/mol. The zero-order valence-corrected chi connectivity index (χ0v) is 17.1. The van der Waals surface area contributed by atoms with Crippen molar-refractivity contribution in [3.8, 4) is 0 Å². The van der Waals surface area contributed by atoms with Crippen molar-refractivity contribution < 1.29 is 4.79 Å². The lowest BCUT2D eigenvalue weighted by Gasteiger charge is -2.40. The number of benzene rings is 2. The van der Waals surface area contributed by atoms with Crippen LogP contribution in [0.4, 0.5) is 5.69 Å². The van der Waals surface area contributed by atoms with Gasteiger partial charge in [-0.15, -0.1) is 11.8 Å². The summed E-state index contributed by atoms with van der Waals surface area (Å²) in [5.74, 6) is 1.06. The van der Waals surface area contributed by atoms with E-state index < -0.39 is 0 Å². The molecule has 4 nitrogen and oxygen atoms in total. The summed E-state index contributed by atoms with van der Waals surface area (Å²) in [7, 11) is 0. The molecule has 1 saturated carbocycles. The Morgan fingerprint density at radius 2 is 1.93 bits per heavy atom. The first kappa shape index (κ1) is 18.1. The molecule has 2 aliphatic rings. The number of rotatable bonds is 3. The highest BCUT2D eigenvalue weighted by atomic mass is 35.5. The van der Waals surface area contributed by atoms with Gasteiger partial charge in [0.25, 0.3) is 0 Å². The van der Waals surface area contributed by atoms with Crippen molar-refractivity contribution in [1.29, 1.82) is 0 Å². The lowest BCUT2D eigenvalue weighted by Crippen LogP contribution is -2.46. The first-order valence-electron chi connectivity index (χ1n) is 9.86. The molecule has 3 aromatic rings. The number of para-hydroxylation sites is 1. The van der Waals surface area contributed by atoms with Crippen LogP contribution in [0.1, 0.15) is 37.9 Å². The third-order valence-electron chi connectivity index (χ3n) is 5.79. The lowest BCUT2D eigenvalue weighted by atomic mass is 9.92. The van der Waals surface area contributed by atoms with E-state index in [-0.39, 0.29) is 16.0 Å². The van der Waals surface area contributed by atoms with Crippen LogP contribution in [0.25, 0.3) is 11.0 Å². The van der Waals surface area contributed by atoms with Crippen molar-refractivity contribution in [3.05, 3.63) is 59.4 Å². The highest BCUT2D eigenvalue weighted by molar-refractivity contribution is 8.02. The Morgan fingerprint density at radius 1 is 1.14 bits per heavy atom. The first-order chi connectivity index (χ1) is 13.6. The fourth-order valence-corrected chi connectivity index (χ4v) is 6.51. The normalized spacial score (nSPS) is 21.7. The highest BCUT2D eigenvalue weighted by Gasteiger charge is 2.52. The predicted octanol–water partition coefficient (Wildman–Crippen LogP) is 5.57. The summed E-state index contributed by atoms with van der Waals surface area (Å²) in [6.45, 7) is 0. The minimum atomic E-state index is -0.116. The van der Waals surface area contributed by atoms with Gasteiger partial charge in [0.05, 0.1) is 21.2 Å². The first-order valence-corrected chi connectivity index (χ1v) is 11.1. The van der Waals surface area contributed by atoms with E-state index in [1.165, 1.54) is 19.3 Å². The number of anilines is 1. The molecule has 1 amide bonds. The number of amides is 1. The summed E-state index contributed by atoms with van der Waals surface area (Å²) in [6.07, 6.45) is 6.35. The minimum Gasteiger partial charge on any atom is -0.342 e. The second-order valence-electron chi connectivity index (χ2n) is 7.67. The molecule has 0 radical (unpaired) electrons. The maximum Gasteiger partial charge on any atom is 0.241 e. The van der Waals surface area contributed by atoms with Crippen LogP contribution in [-0.4, -0.2) is 26.0 Å². The molecule has 1 aliphatic heterocycles. The molecular formula is C22H22ClN3OS. The number of imidazole rings is 1. The smallest absolute Gasteiger partial charge is 0.241 e. The molecule has 1 saturated heterocycles. The van der Waals surface area contributed by atoms with Crippen LogP contribution < -0.4 is 4.90 Å². The van der Waals surface area contributed by atoms with Crippen molar-refractivity contribution in [2.24, 2.45) is 0 Å². The monoisotopic (exact) mass is 411 g/mol. The number of aromatic amines is 1. The quantitative estimate of drug-likeness (QED) is 0.613. The Morgan fingerprint density at radius 3 is 2.71 bits per heavy atom. The number of thioether (sulfide) groups is 1. The van der Waals surface area contributed by atoms with Gasteiger partial charge < -0.3 is 4.98 Å². The van der Waals surface area contributed by atoms with E-state index >= 15 is 0 Å². The van der Waals surface area contributed by atoms with Gasteiger partial charge in [-0.25, -0.2) is 4.98 Å². The number of carbonyl (C=O) groups is 1. The number of hydrogen-bond donors (Lipinski definition) is 1. The van der Waals surface area contributed by atoms with Crippen LogP contribution in [0.15, 0.2) is 48.5 Å². The Balaban J connectivity index is 1.47. The van der Waals surface area contributed by atoms with E-state index in [0.717, 1.165) is 35.4 Å². The third kappa shape index (κ3) is 3.11. The van der Waals surface area contributed by atoms with Gasteiger partial charge in [0.2, 0.25) is 5.91 Å². The lowest BCUT2D eigenvalue weighted by molar-refractivity contribution is -0.118. The number of fused-ring (bicyclic) bond motifs is 1. The molecule has 6 heteroatoms. The number of aromatic nitrogens is 2. The maximum atomic E-state index is 13.5. The highest BCUT2D eigenvalue weighted by Crippen LogP contribution is 2.52. The van der Waals surface area contributed by atoms with E-state index in [4.69, 9.17) is 11.6 Å². The Labute approximate surface area is 173 Å². The molecule has 1 atom stereocenters. The SMILES string of the molecule is O=C1C(Cc2nc3ccc(Cl)cc3[nH]2)SC2(CCCCC2)N1c1ccccc1. The molecule has 0 bridgehead atoms. The van der Waals surface area contributed by atoms with Crippen LogP contribution in [0, 0.1) is 0 Å². The van der Waals surface area contributed by atoms with Gasteiger partial charge in [0, 0.05) is 17.1 Å². The molecule has 5 rings (SSSR count). The van der Waals surface area contributed by atoms with E-state index in [0.29, 0.717) is 11.4 Å². The van der Waals surface area contributed by atoms with Gasteiger partial charge in [-0.1, -0.05) is 49.1 Å². The van der Waals surface area contributed by atoms with E-state index in [9.17, 15) is 4.79 Å². The van der Waals surface area contributed by atoms with Gasteiger partial charge in [-0.3, -0.25) is 9.69 Å². The number of halogens is 1. The summed E-state index contributed by atoms with van der Waals surface area (Å²) in [5, 5.41) is 0.569. The van der Waals surface area contributed by atoms with Crippen molar-refractivity contribution in [2.45, 2.75) is 48.6 Å². The fraction of sp³-hybridized carbons (Fsp3) is 0.364. The second-order valence-corrected chi connectivity index (χ2v) is 9.67. The van der Waals surface area contributed by atoms with Crippen molar-refractivity contribution >= 4 is 46.0 Å². The molecule has 1 N–H and O–H groups in total. The molecule has 1 spiro atoms. The molecule has 1 aliphatic carbocycles. The Bertz CT molecular complexity index is 1010. The molecular weight excluding hydrogens is 390 g/mol. The summed E-state index contributed by atoms with van der Waals surface area (Å²) in [5.41, 5.74) is 2.83. The summed E-state index contributed by atoms with van der Waals surface area (Å²) in [4.78, 5) is 23.5. The third-order valence-corrected chi connectivity index (χ3v) is 7.70. The average Bonchev–Trinajstić information content (AvgIpc) is 3.21. The fourth-order valence-electron chi connectivity index (χ4n) is 4.53. The van der Waals surface area contributed by atoms with Crippen LogP contribution in [0.2, 0.25) is 5.02 Å². The van der Waals surface area contributed by atoms with Gasteiger partial charge in [-0.05, 0) is 43.2 Å². The molecule has 2 aromatic carbocycles. The molecule has 2 heterocycles. The number of hydrogen-bond acceptors (Lipinski definition) is 3. The van der Waals surface area contributed by atoms with E-state index in [2.05, 4.69) is 27.0 Å². The number of H-pyrrole nitrogens is 1. The minimum absolute atomic E-state index is 0.114. The molecule has 28 heavy (non-hydrogen) atoms. The number of nitrogens with one attached hydrogen (secondary N) is 1. The number of carbonyl (C=O) groups excluding carboxylic acids is 1. The van der Waals surface area contributed by atoms with Crippen molar-refractivity contribution in [3.63, 3.8) is 0 Å². The van der Waals surface area contributed by atoms with Crippen LogP contribution in [0.5, 0.6) is 0 Å². The molecule has 2 fully saturated rings. The molecule has 1 unspecified atom stereocenters. The van der Waals surface area contributed by atoms with Crippen LogP contribution >= 0.6 is 23.4 Å². The van der Waals surface area contributed by atoms with Crippen molar-refractivity contribution in [1.82, 2.24) is 9.97 Å². The maximum absolute atomic E-state index is 13.5. The molecule has 1 aromatic heterocycles. The summed E-state index contributed by atoms with van der Waals surface area (Å²) in [6, 6.07) is 15.8. The van der Waals surface area contributed by atoms with Gasteiger partial charge in [0.15, 0.2) is 0 Å². The Kier molecular flexibility index (Phi) is 4.60. The van der Waals surface area contributed by atoms with Gasteiger partial charge >= 0.3 is 0 Å². The Hall–Kier alpha value is -1.98. The standard InChI is InChI=1S/C22H22ClN3OS/c23-15-9-10-17-18(13-15)25-20(24-17)14-19-21(27)26(16-7-3-1-4-8-16)22(28-19)11-5-2-6-12-22/h1,3-4,7-10,13,19H,2,5-6,11-12,14H2,(H,24,25). The zero-order chi connectivity index (χ0) is 19.1. The van der Waals surface area contributed by atoms with Crippen molar-refractivity contribution in [2.75, 3.05) is 4.90 Å². The second kappa shape index (κ2) is 7.12. The molecule has 144 valence electrons. The number of nitrogens with zero attached hydrogens (tertiary/aromatic N) is 2.